The van der Waals surface area contributed by atoms with E-state index in [4.69, 9.17) is 14.6 Å². The lowest BCUT2D eigenvalue weighted by molar-refractivity contribution is -0.192. The largest absolute Gasteiger partial charge is 0.490 e. The summed E-state index contributed by atoms with van der Waals surface area (Å²) < 4.78 is 37.2. The first-order valence-electron chi connectivity index (χ1n) is 8.42. The second kappa shape index (κ2) is 11.1. The molecule has 1 aromatic heterocycles. The van der Waals surface area contributed by atoms with Crippen molar-refractivity contribution in [3.8, 4) is 11.3 Å². The first kappa shape index (κ1) is 23.2. The van der Waals surface area contributed by atoms with Crippen molar-refractivity contribution in [1.29, 1.82) is 0 Å². The van der Waals surface area contributed by atoms with E-state index in [9.17, 15) is 18.0 Å². The third-order valence-electron chi connectivity index (χ3n) is 3.19. The Kier molecular flexibility index (Phi) is 9.16. The normalized spacial score (nSPS) is 10.9. The van der Waals surface area contributed by atoms with E-state index in [0.717, 1.165) is 17.7 Å². The molecule has 3 N–H and O–H groups in total. The molecule has 28 heavy (non-hydrogen) atoms. The zero-order valence-electron chi connectivity index (χ0n) is 15.4. The highest BCUT2D eigenvalue weighted by Crippen LogP contribution is 2.16. The van der Waals surface area contributed by atoms with Crippen LogP contribution < -0.4 is 5.32 Å². The fourth-order valence-corrected chi connectivity index (χ4v) is 1.88. The number of carboxylic acid groups (broad SMARTS) is 1. The van der Waals surface area contributed by atoms with Gasteiger partial charge in [-0.2, -0.15) is 18.3 Å². The number of H-pyrrole nitrogens is 1. The molecule has 0 aliphatic rings. The van der Waals surface area contributed by atoms with Crippen LogP contribution in [0.15, 0.2) is 36.4 Å². The van der Waals surface area contributed by atoms with Gasteiger partial charge in [-0.3, -0.25) is 9.89 Å². The third-order valence-corrected chi connectivity index (χ3v) is 3.19. The standard InChI is InChI=1S/C16H21N3O2.C2HF3O2/c1-12(2)21-10-6-9-17-16(20)15-11-14(18-19-15)13-7-4-3-5-8-13;3-2(4,5)1(6)7/h3-5,7-8,11-12H,6,9-10H2,1-2H3,(H,17,20)(H,18,19);(H,6,7). The number of hydrogen-bond acceptors (Lipinski definition) is 4. The van der Waals surface area contributed by atoms with E-state index in [-0.39, 0.29) is 12.0 Å². The number of amides is 1. The summed E-state index contributed by atoms with van der Waals surface area (Å²) >= 11 is 0. The number of alkyl halides is 3. The molecule has 0 aliphatic carbocycles. The van der Waals surface area contributed by atoms with E-state index in [1.54, 1.807) is 6.07 Å². The number of aromatic amines is 1. The van der Waals surface area contributed by atoms with Crippen molar-refractivity contribution in [1.82, 2.24) is 15.5 Å². The summed E-state index contributed by atoms with van der Waals surface area (Å²) in [6.07, 6.45) is -4.06. The number of nitrogens with zero attached hydrogens (tertiary/aromatic N) is 1. The Bertz CT molecular complexity index is 746. The minimum absolute atomic E-state index is 0.144. The maximum atomic E-state index is 12.0. The van der Waals surface area contributed by atoms with Gasteiger partial charge < -0.3 is 15.2 Å². The summed E-state index contributed by atoms with van der Waals surface area (Å²) in [6.45, 7) is 5.23. The van der Waals surface area contributed by atoms with Crippen LogP contribution >= 0.6 is 0 Å². The summed E-state index contributed by atoms with van der Waals surface area (Å²) in [7, 11) is 0. The number of ether oxygens (including phenoxy) is 1. The first-order chi connectivity index (χ1) is 13.1. The Hall–Kier alpha value is -2.88. The van der Waals surface area contributed by atoms with E-state index in [1.165, 1.54) is 0 Å². The summed E-state index contributed by atoms with van der Waals surface area (Å²) in [4.78, 5) is 20.9. The Labute approximate surface area is 159 Å². The number of benzene rings is 1. The van der Waals surface area contributed by atoms with Crippen molar-refractivity contribution >= 4 is 11.9 Å². The topological polar surface area (TPSA) is 104 Å². The molecule has 0 saturated carbocycles. The fraction of sp³-hybridized carbons (Fsp3) is 0.389. The number of aromatic nitrogens is 2. The smallest absolute Gasteiger partial charge is 0.475 e. The number of aliphatic carboxylic acids is 1. The highest BCUT2D eigenvalue weighted by atomic mass is 19.4. The van der Waals surface area contributed by atoms with E-state index in [0.29, 0.717) is 18.8 Å². The zero-order valence-corrected chi connectivity index (χ0v) is 15.4. The molecule has 1 heterocycles. The molecular weight excluding hydrogens is 379 g/mol. The number of carboxylic acids is 1. The van der Waals surface area contributed by atoms with Crippen LogP contribution in [0.5, 0.6) is 0 Å². The van der Waals surface area contributed by atoms with E-state index in [2.05, 4.69) is 15.5 Å². The SMILES string of the molecule is CC(C)OCCCNC(=O)c1cc(-c2ccccc2)n[nH]1.O=C(O)C(F)(F)F. The van der Waals surface area contributed by atoms with E-state index in [1.807, 2.05) is 44.2 Å². The van der Waals surface area contributed by atoms with Gasteiger partial charge in [-0.05, 0) is 26.3 Å². The maximum absolute atomic E-state index is 12.0. The van der Waals surface area contributed by atoms with Crippen LogP contribution in [-0.4, -0.2) is 52.6 Å². The molecule has 0 spiro atoms. The molecule has 1 amide bonds. The van der Waals surface area contributed by atoms with Gasteiger partial charge in [0.1, 0.15) is 5.69 Å². The third kappa shape index (κ3) is 8.67. The van der Waals surface area contributed by atoms with Gasteiger partial charge in [-0.15, -0.1) is 0 Å². The monoisotopic (exact) mass is 401 g/mol. The molecule has 0 radical (unpaired) electrons. The molecule has 0 bridgehead atoms. The summed E-state index contributed by atoms with van der Waals surface area (Å²) in [5, 5.41) is 16.9. The van der Waals surface area contributed by atoms with Crippen LogP contribution in [0.2, 0.25) is 0 Å². The minimum atomic E-state index is -5.08. The van der Waals surface area contributed by atoms with E-state index >= 15 is 0 Å². The van der Waals surface area contributed by atoms with Gasteiger partial charge in [0, 0.05) is 18.7 Å². The molecule has 154 valence electrons. The molecule has 1 aromatic carbocycles. The molecule has 2 aromatic rings. The second-order valence-corrected chi connectivity index (χ2v) is 5.86. The predicted molar refractivity (Wildman–Crippen MR) is 95.8 cm³/mol. The minimum Gasteiger partial charge on any atom is -0.475 e. The number of nitrogens with one attached hydrogen (secondary N) is 2. The lowest BCUT2D eigenvalue weighted by atomic mass is 10.1. The summed E-state index contributed by atoms with van der Waals surface area (Å²) in [6, 6.07) is 11.5. The van der Waals surface area contributed by atoms with Crippen LogP contribution in [-0.2, 0) is 9.53 Å². The Balaban J connectivity index is 0.000000480. The predicted octanol–water partition coefficient (Wildman–Crippen LogP) is 3.25. The average Bonchev–Trinajstić information content (AvgIpc) is 3.12. The fourth-order valence-electron chi connectivity index (χ4n) is 1.88. The molecule has 0 saturated heterocycles. The molecule has 0 unspecified atom stereocenters. The Morgan fingerprint density at radius 1 is 1.25 bits per heavy atom. The number of hydrogen-bond donors (Lipinski definition) is 3. The van der Waals surface area contributed by atoms with Gasteiger partial charge >= 0.3 is 12.1 Å². The second-order valence-electron chi connectivity index (χ2n) is 5.86. The highest BCUT2D eigenvalue weighted by Gasteiger charge is 2.38. The van der Waals surface area contributed by atoms with Gasteiger partial charge in [-0.1, -0.05) is 30.3 Å². The van der Waals surface area contributed by atoms with Crippen molar-refractivity contribution in [2.24, 2.45) is 0 Å². The van der Waals surface area contributed by atoms with Gasteiger partial charge in [0.25, 0.3) is 5.91 Å². The average molecular weight is 401 g/mol. The maximum Gasteiger partial charge on any atom is 0.490 e. The summed E-state index contributed by atoms with van der Waals surface area (Å²) in [5.74, 6) is -2.90. The van der Waals surface area contributed by atoms with Crippen LogP contribution in [0.1, 0.15) is 30.8 Å². The molecule has 0 atom stereocenters. The molecule has 10 heteroatoms. The van der Waals surface area contributed by atoms with Crippen LogP contribution in [0.25, 0.3) is 11.3 Å². The number of rotatable bonds is 7. The van der Waals surface area contributed by atoms with Crippen molar-refractivity contribution < 1.29 is 32.6 Å². The van der Waals surface area contributed by atoms with Crippen molar-refractivity contribution in [3.63, 3.8) is 0 Å². The molecule has 0 aliphatic heterocycles. The van der Waals surface area contributed by atoms with E-state index < -0.39 is 12.1 Å². The molecule has 7 nitrogen and oxygen atoms in total. The van der Waals surface area contributed by atoms with Crippen molar-refractivity contribution in [2.75, 3.05) is 13.2 Å². The first-order valence-corrected chi connectivity index (χ1v) is 8.42. The van der Waals surface area contributed by atoms with Crippen molar-refractivity contribution in [2.45, 2.75) is 32.5 Å². The zero-order chi connectivity index (χ0) is 21.2. The number of carbonyl (C=O) groups is 2. The molecular formula is C18H22F3N3O4. The molecule has 2 rings (SSSR count). The lowest BCUT2D eigenvalue weighted by Crippen LogP contribution is -2.25. The Morgan fingerprint density at radius 3 is 2.39 bits per heavy atom. The van der Waals surface area contributed by atoms with Crippen molar-refractivity contribution in [3.05, 3.63) is 42.1 Å². The lowest BCUT2D eigenvalue weighted by Gasteiger charge is -2.07. The summed E-state index contributed by atoms with van der Waals surface area (Å²) in [5.41, 5.74) is 2.22. The number of carbonyl (C=O) groups excluding carboxylic acids is 1. The van der Waals surface area contributed by atoms with Crippen LogP contribution in [0.3, 0.4) is 0 Å². The molecule has 0 fully saturated rings. The van der Waals surface area contributed by atoms with Gasteiger partial charge in [-0.25, -0.2) is 4.79 Å². The van der Waals surface area contributed by atoms with Crippen LogP contribution in [0, 0.1) is 0 Å². The Morgan fingerprint density at radius 2 is 1.86 bits per heavy atom. The van der Waals surface area contributed by atoms with Gasteiger partial charge in [0.2, 0.25) is 0 Å². The van der Waals surface area contributed by atoms with Gasteiger partial charge in [0.15, 0.2) is 0 Å². The quantitative estimate of drug-likeness (QED) is 0.618. The van der Waals surface area contributed by atoms with Crippen LogP contribution in [0.4, 0.5) is 13.2 Å². The number of halogens is 3. The van der Waals surface area contributed by atoms with Gasteiger partial charge in [0.05, 0.1) is 11.8 Å². The highest BCUT2D eigenvalue weighted by molar-refractivity contribution is 5.93.